The standard InChI is InChI=1S/C22H24N4/c1-17-3-7-19(8-4-17)21-15-23-16-22(24-21)26-13-11-25(12-14-26)20-9-5-18(2)6-10-20/h3-10,15-16H,11-14H2,1-2H3. The van der Waals surface area contributed by atoms with Crippen LogP contribution in [0.2, 0.25) is 0 Å². The largest absolute Gasteiger partial charge is 0.368 e. The maximum absolute atomic E-state index is 4.85. The van der Waals surface area contributed by atoms with Crippen molar-refractivity contribution < 1.29 is 0 Å². The van der Waals surface area contributed by atoms with Gasteiger partial charge < -0.3 is 9.80 Å². The molecule has 4 heteroatoms. The van der Waals surface area contributed by atoms with E-state index < -0.39 is 0 Å². The van der Waals surface area contributed by atoms with Crippen LogP contribution < -0.4 is 9.80 Å². The van der Waals surface area contributed by atoms with Gasteiger partial charge in [-0.2, -0.15) is 0 Å². The minimum atomic E-state index is 0.934. The lowest BCUT2D eigenvalue weighted by Crippen LogP contribution is -2.46. The fourth-order valence-electron chi connectivity index (χ4n) is 3.32. The first-order valence-electron chi connectivity index (χ1n) is 9.15. The SMILES string of the molecule is Cc1ccc(-c2cncc(N3CCN(c4ccc(C)cc4)CC3)n2)cc1. The Morgan fingerprint density at radius 1 is 0.692 bits per heavy atom. The fourth-order valence-corrected chi connectivity index (χ4v) is 3.32. The van der Waals surface area contributed by atoms with Gasteiger partial charge in [-0.25, -0.2) is 4.98 Å². The first-order valence-corrected chi connectivity index (χ1v) is 9.15. The molecule has 0 amide bonds. The van der Waals surface area contributed by atoms with Crippen molar-refractivity contribution in [3.8, 4) is 11.3 Å². The third-order valence-corrected chi connectivity index (χ3v) is 4.97. The molecule has 2 aromatic carbocycles. The molecule has 1 aromatic heterocycles. The number of aromatic nitrogens is 2. The van der Waals surface area contributed by atoms with Crippen LogP contribution in [0.4, 0.5) is 11.5 Å². The summed E-state index contributed by atoms with van der Waals surface area (Å²) in [5.74, 6) is 0.964. The Balaban J connectivity index is 1.47. The lowest BCUT2D eigenvalue weighted by molar-refractivity contribution is 0.646. The Morgan fingerprint density at radius 2 is 1.27 bits per heavy atom. The lowest BCUT2D eigenvalue weighted by atomic mass is 10.1. The molecule has 1 aliphatic heterocycles. The summed E-state index contributed by atoms with van der Waals surface area (Å²) in [6, 6.07) is 17.2. The van der Waals surface area contributed by atoms with Crippen molar-refractivity contribution in [2.45, 2.75) is 13.8 Å². The molecular formula is C22H24N4. The van der Waals surface area contributed by atoms with Crippen molar-refractivity contribution in [3.63, 3.8) is 0 Å². The van der Waals surface area contributed by atoms with Crippen LogP contribution in [0.3, 0.4) is 0 Å². The van der Waals surface area contributed by atoms with Gasteiger partial charge in [-0.15, -0.1) is 0 Å². The highest BCUT2D eigenvalue weighted by Gasteiger charge is 2.19. The van der Waals surface area contributed by atoms with Crippen LogP contribution in [0.1, 0.15) is 11.1 Å². The van der Waals surface area contributed by atoms with E-state index in [0.29, 0.717) is 0 Å². The summed E-state index contributed by atoms with van der Waals surface area (Å²) in [6.45, 7) is 8.14. The van der Waals surface area contributed by atoms with Gasteiger partial charge in [0.15, 0.2) is 0 Å². The van der Waals surface area contributed by atoms with Crippen molar-refractivity contribution >= 4 is 11.5 Å². The van der Waals surface area contributed by atoms with E-state index in [9.17, 15) is 0 Å². The topological polar surface area (TPSA) is 32.3 Å². The highest BCUT2D eigenvalue weighted by molar-refractivity contribution is 5.60. The second kappa shape index (κ2) is 7.16. The van der Waals surface area contributed by atoms with Gasteiger partial charge in [0.25, 0.3) is 0 Å². The van der Waals surface area contributed by atoms with Gasteiger partial charge in [0.05, 0.1) is 18.1 Å². The van der Waals surface area contributed by atoms with Crippen LogP contribution in [0, 0.1) is 13.8 Å². The first-order chi connectivity index (χ1) is 12.7. The van der Waals surface area contributed by atoms with Gasteiger partial charge in [0, 0.05) is 37.4 Å². The summed E-state index contributed by atoms with van der Waals surface area (Å²) >= 11 is 0. The highest BCUT2D eigenvalue weighted by atomic mass is 15.3. The summed E-state index contributed by atoms with van der Waals surface area (Å²) < 4.78 is 0. The molecule has 0 spiro atoms. The quantitative estimate of drug-likeness (QED) is 0.716. The minimum absolute atomic E-state index is 0.934. The van der Waals surface area contributed by atoms with Crippen LogP contribution in [-0.4, -0.2) is 36.1 Å². The van der Waals surface area contributed by atoms with E-state index in [1.54, 1.807) is 0 Å². The zero-order chi connectivity index (χ0) is 17.9. The van der Waals surface area contributed by atoms with Gasteiger partial charge in [-0.3, -0.25) is 4.98 Å². The van der Waals surface area contributed by atoms with Gasteiger partial charge in [0.2, 0.25) is 0 Å². The second-order valence-electron chi connectivity index (χ2n) is 6.94. The lowest BCUT2D eigenvalue weighted by Gasteiger charge is -2.36. The normalized spacial score (nSPS) is 14.5. The van der Waals surface area contributed by atoms with E-state index in [-0.39, 0.29) is 0 Å². The van der Waals surface area contributed by atoms with Crippen LogP contribution in [-0.2, 0) is 0 Å². The number of piperazine rings is 1. The molecule has 1 fully saturated rings. The van der Waals surface area contributed by atoms with Gasteiger partial charge in [-0.1, -0.05) is 47.5 Å². The third kappa shape index (κ3) is 3.54. The predicted octanol–water partition coefficient (Wildman–Crippen LogP) is 4.09. The molecule has 0 aliphatic carbocycles. The fraction of sp³-hybridized carbons (Fsp3) is 0.273. The van der Waals surface area contributed by atoms with Crippen LogP contribution >= 0.6 is 0 Å². The molecule has 1 aliphatic rings. The number of rotatable bonds is 3. The summed E-state index contributed by atoms with van der Waals surface area (Å²) in [5, 5.41) is 0. The number of hydrogen-bond acceptors (Lipinski definition) is 4. The van der Waals surface area contributed by atoms with E-state index in [1.165, 1.54) is 16.8 Å². The summed E-state index contributed by atoms with van der Waals surface area (Å²) in [5.41, 5.74) is 5.90. The predicted molar refractivity (Wildman–Crippen MR) is 108 cm³/mol. The van der Waals surface area contributed by atoms with Gasteiger partial charge >= 0.3 is 0 Å². The molecular weight excluding hydrogens is 320 g/mol. The van der Waals surface area contributed by atoms with E-state index in [4.69, 9.17) is 4.98 Å². The molecule has 0 radical (unpaired) electrons. The average Bonchev–Trinajstić information content (AvgIpc) is 2.69. The van der Waals surface area contributed by atoms with Crippen molar-refractivity contribution in [2.24, 2.45) is 0 Å². The monoisotopic (exact) mass is 344 g/mol. The maximum Gasteiger partial charge on any atom is 0.147 e. The smallest absolute Gasteiger partial charge is 0.147 e. The van der Waals surface area contributed by atoms with E-state index >= 15 is 0 Å². The molecule has 4 nitrogen and oxygen atoms in total. The zero-order valence-electron chi connectivity index (χ0n) is 15.4. The van der Waals surface area contributed by atoms with Crippen molar-refractivity contribution in [2.75, 3.05) is 36.0 Å². The number of anilines is 2. The number of benzene rings is 2. The zero-order valence-corrected chi connectivity index (χ0v) is 15.4. The molecule has 132 valence electrons. The Hall–Kier alpha value is -2.88. The van der Waals surface area contributed by atoms with E-state index in [0.717, 1.165) is 43.3 Å². The number of nitrogens with zero attached hydrogens (tertiary/aromatic N) is 4. The molecule has 0 N–H and O–H groups in total. The Labute approximate surface area is 155 Å². The van der Waals surface area contributed by atoms with Gasteiger partial charge in [-0.05, 0) is 26.0 Å². The number of hydrogen-bond donors (Lipinski definition) is 0. The number of aryl methyl sites for hydroxylation is 2. The highest BCUT2D eigenvalue weighted by Crippen LogP contribution is 2.22. The third-order valence-electron chi connectivity index (χ3n) is 4.97. The van der Waals surface area contributed by atoms with Crippen LogP contribution in [0.25, 0.3) is 11.3 Å². The molecule has 0 atom stereocenters. The second-order valence-corrected chi connectivity index (χ2v) is 6.94. The molecule has 3 aromatic rings. The summed E-state index contributed by atoms with van der Waals surface area (Å²) in [7, 11) is 0. The van der Waals surface area contributed by atoms with E-state index in [2.05, 4.69) is 77.2 Å². The molecule has 1 saturated heterocycles. The molecule has 0 unspecified atom stereocenters. The first kappa shape index (κ1) is 16.6. The Kier molecular flexibility index (Phi) is 4.57. The molecule has 2 heterocycles. The molecule has 4 rings (SSSR count). The minimum Gasteiger partial charge on any atom is -0.368 e. The summed E-state index contributed by atoms with van der Waals surface area (Å²) in [4.78, 5) is 14.0. The van der Waals surface area contributed by atoms with E-state index in [1.807, 2.05) is 12.4 Å². The maximum atomic E-state index is 4.85. The molecule has 0 bridgehead atoms. The summed E-state index contributed by atoms with van der Waals surface area (Å²) in [6.07, 6.45) is 3.72. The Morgan fingerprint density at radius 3 is 1.92 bits per heavy atom. The van der Waals surface area contributed by atoms with Crippen molar-refractivity contribution in [3.05, 3.63) is 72.1 Å². The van der Waals surface area contributed by atoms with Crippen LogP contribution in [0.5, 0.6) is 0 Å². The average molecular weight is 344 g/mol. The van der Waals surface area contributed by atoms with Crippen LogP contribution in [0.15, 0.2) is 60.9 Å². The Bertz CT molecular complexity index is 863. The molecule has 0 saturated carbocycles. The molecule has 26 heavy (non-hydrogen) atoms. The van der Waals surface area contributed by atoms with Crippen molar-refractivity contribution in [1.29, 1.82) is 0 Å². The van der Waals surface area contributed by atoms with Gasteiger partial charge in [0.1, 0.15) is 5.82 Å². The van der Waals surface area contributed by atoms with Crippen molar-refractivity contribution in [1.82, 2.24) is 9.97 Å².